The van der Waals surface area contributed by atoms with E-state index in [4.69, 9.17) is 0 Å². The van der Waals surface area contributed by atoms with Gasteiger partial charge in [-0.1, -0.05) is 0 Å². The SMILES string of the molecule is Cc1cc(C(=O)N(C)C2CCS(=O)(=O)C2)sc1Br. The maximum Gasteiger partial charge on any atom is 0.263 e. The molecule has 1 amide bonds. The van der Waals surface area contributed by atoms with E-state index < -0.39 is 9.84 Å². The Balaban J connectivity index is 2.15. The molecule has 0 saturated carbocycles. The van der Waals surface area contributed by atoms with Gasteiger partial charge in [-0.15, -0.1) is 11.3 Å². The van der Waals surface area contributed by atoms with Crippen molar-refractivity contribution < 1.29 is 13.2 Å². The fourth-order valence-corrected chi connectivity index (χ4v) is 5.28. The highest BCUT2D eigenvalue weighted by Crippen LogP contribution is 2.29. The summed E-state index contributed by atoms with van der Waals surface area (Å²) >= 11 is 4.77. The van der Waals surface area contributed by atoms with Gasteiger partial charge >= 0.3 is 0 Å². The lowest BCUT2D eigenvalue weighted by atomic mass is 10.2. The molecule has 0 spiro atoms. The van der Waals surface area contributed by atoms with Crippen molar-refractivity contribution in [3.63, 3.8) is 0 Å². The van der Waals surface area contributed by atoms with Crippen LogP contribution in [0, 0.1) is 6.92 Å². The average molecular weight is 352 g/mol. The number of aryl methyl sites for hydroxylation is 1. The minimum atomic E-state index is -2.96. The number of thiophene rings is 1. The zero-order valence-corrected chi connectivity index (χ0v) is 13.4. The lowest BCUT2D eigenvalue weighted by Gasteiger charge is -2.22. The molecule has 1 atom stereocenters. The van der Waals surface area contributed by atoms with Crippen LogP contribution in [-0.2, 0) is 9.84 Å². The Bertz CT molecular complexity index is 560. The van der Waals surface area contributed by atoms with Gasteiger partial charge in [-0.2, -0.15) is 0 Å². The zero-order valence-electron chi connectivity index (χ0n) is 10.1. The third kappa shape index (κ3) is 2.78. The van der Waals surface area contributed by atoms with Crippen molar-refractivity contribution in [2.45, 2.75) is 19.4 Å². The minimum Gasteiger partial charge on any atom is -0.337 e. The second-order valence-corrected chi connectivity index (χ2v) is 9.14. The van der Waals surface area contributed by atoms with Crippen LogP contribution in [0.1, 0.15) is 21.7 Å². The number of sulfone groups is 1. The van der Waals surface area contributed by atoms with Crippen molar-refractivity contribution in [3.05, 3.63) is 20.3 Å². The lowest BCUT2D eigenvalue weighted by molar-refractivity contribution is 0.0752. The molecule has 2 heterocycles. The topological polar surface area (TPSA) is 54.5 Å². The van der Waals surface area contributed by atoms with E-state index in [1.165, 1.54) is 11.3 Å². The third-order valence-corrected chi connectivity index (χ3v) is 7.02. The molecule has 0 N–H and O–H groups in total. The maximum atomic E-state index is 12.2. The number of hydrogen-bond acceptors (Lipinski definition) is 4. The van der Waals surface area contributed by atoms with Crippen LogP contribution in [0.15, 0.2) is 9.85 Å². The third-order valence-electron chi connectivity index (χ3n) is 3.14. The Labute approximate surface area is 119 Å². The van der Waals surface area contributed by atoms with E-state index in [0.29, 0.717) is 11.3 Å². The second kappa shape index (κ2) is 4.94. The lowest BCUT2D eigenvalue weighted by Crippen LogP contribution is -2.37. The van der Waals surface area contributed by atoms with Crippen LogP contribution < -0.4 is 0 Å². The first-order valence-electron chi connectivity index (χ1n) is 5.53. The van der Waals surface area contributed by atoms with Gasteiger partial charge in [0, 0.05) is 13.1 Å². The van der Waals surface area contributed by atoms with Gasteiger partial charge in [0.15, 0.2) is 9.84 Å². The largest absolute Gasteiger partial charge is 0.337 e. The van der Waals surface area contributed by atoms with E-state index in [-0.39, 0.29) is 23.5 Å². The molecule has 0 aliphatic carbocycles. The van der Waals surface area contributed by atoms with E-state index in [9.17, 15) is 13.2 Å². The van der Waals surface area contributed by atoms with Crippen molar-refractivity contribution in [2.75, 3.05) is 18.6 Å². The number of carbonyl (C=O) groups is 1. The van der Waals surface area contributed by atoms with Gasteiger partial charge in [0.05, 0.1) is 20.2 Å². The van der Waals surface area contributed by atoms with Gasteiger partial charge in [-0.05, 0) is 40.9 Å². The maximum absolute atomic E-state index is 12.2. The summed E-state index contributed by atoms with van der Waals surface area (Å²) in [6.45, 7) is 1.93. The molecule has 0 aromatic carbocycles. The molecule has 0 bridgehead atoms. The summed E-state index contributed by atoms with van der Waals surface area (Å²) in [5.74, 6) is 0.166. The summed E-state index contributed by atoms with van der Waals surface area (Å²) in [4.78, 5) is 14.4. The van der Waals surface area contributed by atoms with Gasteiger partial charge in [-0.3, -0.25) is 4.79 Å². The molecule has 1 aliphatic heterocycles. The van der Waals surface area contributed by atoms with Crippen molar-refractivity contribution >= 4 is 43.0 Å². The molecule has 1 aliphatic rings. The molecule has 1 aromatic heterocycles. The highest BCUT2D eigenvalue weighted by molar-refractivity contribution is 9.11. The van der Waals surface area contributed by atoms with Gasteiger partial charge in [-0.25, -0.2) is 8.42 Å². The summed E-state index contributed by atoms with van der Waals surface area (Å²) in [6, 6.07) is 1.64. The van der Waals surface area contributed by atoms with E-state index in [1.54, 1.807) is 11.9 Å². The van der Waals surface area contributed by atoms with Crippen LogP contribution >= 0.6 is 27.3 Å². The fourth-order valence-electron chi connectivity index (χ4n) is 1.99. The molecule has 1 unspecified atom stereocenters. The summed E-state index contributed by atoms with van der Waals surface area (Å²) in [5, 5.41) is 0. The molecule has 4 nitrogen and oxygen atoms in total. The van der Waals surface area contributed by atoms with Crippen LogP contribution in [0.5, 0.6) is 0 Å². The Hall–Kier alpha value is -0.400. The number of rotatable bonds is 2. The van der Waals surface area contributed by atoms with Gasteiger partial charge in [0.25, 0.3) is 5.91 Å². The normalized spacial score (nSPS) is 22.1. The minimum absolute atomic E-state index is 0.0841. The smallest absolute Gasteiger partial charge is 0.263 e. The second-order valence-electron chi connectivity index (χ2n) is 4.54. The van der Waals surface area contributed by atoms with Crippen LogP contribution in [-0.4, -0.2) is 43.8 Å². The first kappa shape index (κ1) is 14.0. The Morgan fingerprint density at radius 3 is 2.67 bits per heavy atom. The Morgan fingerprint density at radius 1 is 1.56 bits per heavy atom. The van der Waals surface area contributed by atoms with Gasteiger partial charge < -0.3 is 4.90 Å². The van der Waals surface area contributed by atoms with Crippen LogP contribution in [0.25, 0.3) is 0 Å². The first-order valence-corrected chi connectivity index (χ1v) is 8.97. The summed E-state index contributed by atoms with van der Waals surface area (Å²) in [7, 11) is -1.28. The predicted molar refractivity (Wildman–Crippen MR) is 75.9 cm³/mol. The predicted octanol–water partition coefficient (Wildman–Crippen LogP) is 2.08. The van der Waals surface area contributed by atoms with E-state index >= 15 is 0 Å². The summed E-state index contributed by atoms with van der Waals surface area (Å²) < 4.78 is 23.8. The molecule has 1 aromatic rings. The van der Waals surface area contributed by atoms with E-state index in [0.717, 1.165) is 9.35 Å². The number of hydrogen-bond donors (Lipinski definition) is 0. The number of amides is 1. The summed E-state index contributed by atoms with van der Waals surface area (Å²) in [6.07, 6.45) is 0.538. The highest BCUT2D eigenvalue weighted by atomic mass is 79.9. The van der Waals surface area contributed by atoms with Gasteiger partial charge in [0.2, 0.25) is 0 Å². The summed E-state index contributed by atoms with van der Waals surface area (Å²) in [5.41, 5.74) is 1.02. The molecule has 100 valence electrons. The highest BCUT2D eigenvalue weighted by Gasteiger charge is 2.33. The molecular weight excluding hydrogens is 338 g/mol. The molecule has 1 fully saturated rings. The molecule has 18 heavy (non-hydrogen) atoms. The quantitative estimate of drug-likeness (QED) is 0.819. The molecule has 7 heteroatoms. The average Bonchev–Trinajstić information content (AvgIpc) is 2.81. The van der Waals surface area contributed by atoms with Crippen molar-refractivity contribution in [1.29, 1.82) is 0 Å². The zero-order chi connectivity index (χ0) is 13.5. The molecular formula is C11H14BrNO3S2. The van der Waals surface area contributed by atoms with Crippen LogP contribution in [0.2, 0.25) is 0 Å². The Morgan fingerprint density at radius 2 is 2.22 bits per heavy atom. The van der Waals surface area contributed by atoms with E-state index in [2.05, 4.69) is 15.9 Å². The molecule has 1 saturated heterocycles. The van der Waals surface area contributed by atoms with Crippen molar-refractivity contribution in [3.8, 4) is 0 Å². The standard InChI is InChI=1S/C11H14BrNO3S2/c1-7-5-9(17-10(7)12)11(14)13(2)8-3-4-18(15,16)6-8/h5,8H,3-4,6H2,1-2H3. The molecule has 0 radical (unpaired) electrons. The number of nitrogens with zero attached hydrogens (tertiary/aromatic N) is 1. The van der Waals surface area contributed by atoms with Crippen LogP contribution in [0.4, 0.5) is 0 Å². The van der Waals surface area contributed by atoms with Crippen LogP contribution in [0.3, 0.4) is 0 Å². The molecule has 2 rings (SSSR count). The monoisotopic (exact) mass is 351 g/mol. The fraction of sp³-hybridized carbons (Fsp3) is 0.545. The Kier molecular flexibility index (Phi) is 3.85. The first-order chi connectivity index (χ1) is 8.30. The number of carbonyl (C=O) groups excluding carboxylic acids is 1. The van der Waals surface area contributed by atoms with Crippen molar-refractivity contribution in [1.82, 2.24) is 4.90 Å². The van der Waals surface area contributed by atoms with Gasteiger partial charge in [0.1, 0.15) is 0 Å². The number of halogens is 1. The van der Waals surface area contributed by atoms with Crippen molar-refractivity contribution in [2.24, 2.45) is 0 Å². The van der Waals surface area contributed by atoms with E-state index in [1.807, 2.05) is 13.0 Å².